The lowest BCUT2D eigenvalue weighted by Crippen LogP contribution is -2.44. The van der Waals surface area contributed by atoms with Crippen LogP contribution in [0.15, 0.2) is 42.5 Å². The van der Waals surface area contributed by atoms with Crippen molar-refractivity contribution in [2.24, 2.45) is 0 Å². The number of amides is 1. The molecule has 0 spiro atoms. The van der Waals surface area contributed by atoms with E-state index in [-0.39, 0.29) is 12.5 Å². The lowest BCUT2D eigenvalue weighted by molar-refractivity contribution is -0.120. The van der Waals surface area contributed by atoms with Crippen molar-refractivity contribution < 1.29 is 23.7 Å². The monoisotopic (exact) mass is 471 g/mol. The van der Waals surface area contributed by atoms with Gasteiger partial charge in [-0.2, -0.15) is 0 Å². The van der Waals surface area contributed by atoms with E-state index in [1.54, 1.807) is 36.3 Å². The van der Waals surface area contributed by atoms with Crippen LogP contribution < -0.4 is 19.1 Å². The summed E-state index contributed by atoms with van der Waals surface area (Å²) >= 11 is 1.49. The summed E-state index contributed by atoms with van der Waals surface area (Å²) in [6, 6.07) is 13.0. The molecule has 0 radical (unpaired) electrons. The molecule has 2 aromatic carbocycles. The van der Waals surface area contributed by atoms with E-state index in [4.69, 9.17) is 23.9 Å². The highest BCUT2D eigenvalue weighted by atomic mass is 32.1. The van der Waals surface area contributed by atoms with Gasteiger partial charge in [0.1, 0.15) is 17.2 Å². The number of hydrogen-bond acceptors (Lipinski definition) is 8. The Hall–Kier alpha value is -2.88. The Kier molecular flexibility index (Phi) is 7.98. The summed E-state index contributed by atoms with van der Waals surface area (Å²) in [5, 5.41) is 0.662. The Balaban J connectivity index is 1.50. The molecule has 0 bridgehead atoms. The van der Waals surface area contributed by atoms with Crippen molar-refractivity contribution in [3.63, 3.8) is 0 Å². The van der Waals surface area contributed by atoms with E-state index < -0.39 is 0 Å². The van der Waals surface area contributed by atoms with Crippen LogP contribution in [0.4, 0.5) is 5.13 Å². The van der Waals surface area contributed by atoms with Crippen molar-refractivity contribution in [1.29, 1.82) is 0 Å². The summed E-state index contributed by atoms with van der Waals surface area (Å²) in [6.07, 6.45) is 0. The van der Waals surface area contributed by atoms with Crippen molar-refractivity contribution in [3.8, 4) is 17.2 Å². The van der Waals surface area contributed by atoms with E-state index in [9.17, 15) is 4.79 Å². The summed E-state index contributed by atoms with van der Waals surface area (Å²) in [5.74, 6) is 2.02. The predicted molar refractivity (Wildman–Crippen MR) is 129 cm³/mol. The zero-order valence-corrected chi connectivity index (χ0v) is 19.8. The minimum absolute atomic E-state index is 0.0738. The molecule has 4 rings (SSSR count). The molecule has 0 N–H and O–H groups in total. The number of fused-ring (bicyclic) bond motifs is 1. The normalized spacial score (nSPS) is 14.2. The first-order valence-electron chi connectivity index (χ1n) is 11.1. The van der Waals surface area contributed by atoms with Gasteiger partial charge in [0.2, 0.25) is 0 Å². The molecule has 1 saturated heterocycles. The number of thiazole rings is 1. The van der Waals surface area contributed by atoms with Gasteiger partial charge in [-0.1, -0.05) is 11.3 Å². The molecule has 0 unspecified atom stereocenters. The molecule has 3 aromatic rings. The number of carbonyl (C=O) groups excluding carboxylic acids is 1. The molecule has 1 aromatic heterocycles. The number of ether oxygens (including phenoxy) is 4. The number of carbonyl (C=O) groups is 1. The molecule has 8 nitrogen and oxygen atoms in total. The summed E-state index contributed by atoms with van der Waals surface area (Å²) in [7, 11) is 1.61. The summed E-state index contributed by atoms with van der Waals surface area (Å²) in [6.45, 7) is 6.92. The molecule has 9 heteroatoms. The number of morpholine rings is 1. The number of nitrogens with zero attached hydrogens (tertiary/aromatic N) is 3. The van der Waals surface area contributed by atoms with Gasteiger partial charge in [-0.05, 0) is 49.4 Å². The van der Waals surface area contributed by atoms with Crippen LogP contribution >= 0.6 is 11.3 Å². The van der Waals surface area contributed by atoms with E-state index in [0.717, 1.165) is 54.6 Å². The van der Waals surface area contributed by atoms with Gasteiger partial charge in [0.05, 0.1) is 37.1 Å². The third-order valence-corrected chi connectivity index (χ3v) is 6.40. The molecule has 0 saturated carbocycles. The second kappa shape index (κ2) is 11.3. The molecule has 33 heavy (non-hydrogen) atoms. The smallest absolute Gasteiger partial charge is 0.266 e. The highest BCUT2D eigenvalue weighted by molar-refractivity contribution is 7.22. The van der Waals surface area contributed by atoms with Gasteiger partial charge in [0.25, 0.3) is 5.91 Å². The Morgan fingerprint density at radius 2 is 1.82 bits per heavy atom. The number of rotatable bonds is 10. The van der Waals surface area contributed by atoms with Crippen molar-refractivity contribution >= 4 is 32.6 Å². The van der Waals surface area contributed by atoms with Gasteiger partial charge in [-0.3, -0.25) is 14.6 Å². The molecule has 2 heterocycles. The van der Waals surface area contributed by atoms with Crippen molar-refractivity contribution in [3.05, 3.63) is 42.5 Å². The Morgan fingerprint density at radius 1 is 1.09 bits per heavy atom. The van der Waals surface area contributed by atoms with Gasteiger partial charge < -0.3 is 18.9 Å². The van der Waals surface area contributed by atoms with Crippen LogP contribution in [-0.2, 0) is 9.53 Å². The first-order chi connectivity index (χ1) is 16.2. The van der Waals surface area contributed by atoms with Crippen LogP contribution in [0.1, 0.15) is 6.92 Å². The molecule has 1 fully saturated rings. The highest BCUT2D eigenvalue weighted by Crippen LogP contribution is 2.32. The van der Waals surface area contributed by atoms with E-state index in [1.165, 1.54) is 11.3 Å². The second-order valence-corrected chi connectivity index (χ2v) is 8.53. The quantitative estimate of drug-likeness (QED) is 0.448. The molecule has 1 aliphatic heterocycles. The fraction of sp³-hybridized carbons (Fsp3) is 0.417. The number of anilines is 1. The minimum atomic E-state index is -0.136. The standard InChI is InChI=1S/C24H29N3O5S/c1-3-31-20-8-9-21-22(16-20)33-24(25-21)27(11-10-26-12-14-30-15-13-26)23(28)17-32-19-6-4-18(29-2)5-7-19/h4-9,16H,3,10-15,17H2,1-2H3. The Morgan fingerprint density at radius 3 is 2.55 bits per heavy atom. The largest absolute Gasteiger partial charge is 0.497 e. The second-order valence-electron chi connectivity index (χ2n) is 7.52. The molecule has 1 aliphatic rings. The maximum absolute atomic E-state index is 13.2. The zero-order chi connectivity index (χ0) is 23.0. The predicted octanol–water partition coefficient (Wildman–Crippen LogP) is 3.45. The molecule has 1 amide bonds. The topological polar surface area (TPSA) is 73.4 Å². The first-order valence-corrected chi connectivity index (χ1v) is 11.9. The third kappa shape index (κ3) is 6.13. The molecule has 176 valence electrons. The average Bonchev–Trinajstić information content (AvgIpc) is 3.27. The zero-order valence-electron chi connectivity index (χ0n) is 19.0. The highest BCUT2D eigenvalue weighted by Gasteiger charge is 2.22. The lowest BCUT2D eigenvalue weighted by atomic mass is 10.3. The molecular weight excluding hydrogens is 442 g/mol. The van der Waals surface area contributed by atoms with Crippen LogP contribution in [-0.4, -0.2) is 75.5 Å². The number of hydrogen-bond donors (Lipinski definition) is 0. The minimum Gasteiger partial charge on any atom is -0.497 e. The van der Waals surface area contributed by atoms with E-state index >= 15 is 0 Å². The van der Waals surface area contributed by atoms with Crippen molar-refractivity contribution in [2.75, 3.05) is 64.6 Å². The molecule has 0 aliphatic carbocycles. The van der Waals surface area contributed by atoms with Crippen LogP contribution in [0, 0.1) is 0 Å². The average molecular weight is 472 g/mol. The molecular formula is C24H29N3O5S. The van der Waals surface area contributed by atoms with Crippen LogP contribution in [0.25, 0.3) is 10.2 Å². The maximum Gasteiger partial charge on any atom is 0.266 e. The van der Waals surface area contributed by atoms with Crippen molar-refractivity contribution in [1.82, 2.24) is 9.88 Å². The summed E-state index contributed by atoms with van der Waals surface area (Å²) in [5.41, 5.74) is 0.846. The van der Waals surface area contributed by atoms with Gasteiger partial charge in [0, 0.05) is 26.2 Å². The Bertz CT molecular complexity index is 1050. The third-order valence-electron chi connectivity index (χ3n) is 5.36. The van der Waals surface area contributed by atoms with E-state index in [0.29, 0.717) is 24.0 Å². The maximum atomic E-state index is 13.2. The van der Waals surface area contributed by atoms with Crippen LogP contribution in [0.3, 0.4) is 0 Å². The SMILES string of the molecule is CCOc1ccc2nc(N(CCN3CCOCC3)C(=O)COc3ccc(OC)cc3)sc2c1. The summed E-state index contributed by atoms with van der Waals surface area (Å²) in [4.78, 5) is 22.0. The summed E-state index contributed by atoms with van der Waals surface area (Å²) < 4.78 is 23.0. The van der Waals surface area contributed by atoms with E-state index in [2.05, 4.69) is 4.90 Å². The fourth-order valence-corrected chi connectivity index (χ4v) is 4.59. The lowest BCUT2D eigenvalue weighted by Gasteiger charge is -2.29. The van der Waals surface area contributed by atoms with Gasteiger partial charge in [-0.25, -0.2) is 4.98 Å². The molecule has 0 atom stereocenters. The number of benzene rings is 2. The Labute approximate surface area is 197 Å². The number of methoxy groups -OCH3 is 1. The van der Waals surface area contributed by atoms with Crippen molar-refractivity contribution in [2.45, 2.75) is 6.92 Å². The van der Waals surface area contributed by atoms with Gasteiger partial charge in [-0.15, -0.1) is 0 Å². The van der Waals surface area contributed by atoms with Gasteiger partial charge >= 0.3 is 0 Å². The van der Waals surface area contributed by atoms with Gasteiger partial charge in [0.15, 0.2) is 11.7 Å². The van der Waals surface area contributed by atoms with E-state index in [1.807, 2.05) is 25.1 Å². The number of aromatic nitrogens is 1. The first kappa shape index (κ1) is 23.3. The van der Waals surface area contributed by atoms with Crippen LogP contribution in [0.5, 0.6) is 17.2 Å². The fourth-order valence-electron chi connectivity index (χ4n) is 3.55. The van der Waals surface area contributed by atoms with Crippen LogP contribution in [0.2, 0.25) is 0 Å².